The van der Waals surface area contributed by atoms with Gasteiger partial charge in [-0.2, -0.15) is 0 Å². The molecule has 2 saturated heterocycles. The van der Waals surface area contributed by atoms with Crippen molar-refractivity contribution in [3.8, 4) is 5.75 Å². The summed E-state index contributed by atoms with van der Waals surface area (Å²) in [6.45, 7) is 6.28. The van der Waals surface area contributed by atoms with Crippen LogP contribution in [0.4, 0.5) is 0 Å². The van der Waals surface area contributed by atoms with E-state index >= 15 is 0 Å². The number of para-hydroxylation sites is 1. The molecule has 204 valence electrons. The molecule has 9 heteroatoms. The van der Waals surface area contributed by atoms with Crippen molar-refractivity contribution in [1.82, 2.24) is 25.1 Å². The fraction of sp³-hybridized carbons (Fsp3) is 0.586. The molecule has 3 aliphatic rings. The average Bonchev–Trinajstić information content (AvgIpc) is 2.94. The van der Waals surface area contributed by atoms with Crippen LogP contribution in [0, 0.1) is 12.3 Å². The molecule has 0 saturated carbocycles. The Balaban J connectivity index is 1.15. The number of likely N-dealkylation sites (tertiary alicyclic amines) is 1. The fourth-order valence-electron chi connectivity index (χ4n) is 5.87. The lowest BCUT2D eigenvalue weighted by Gasteiger charge is -2.41. The maximum atomic E-state index is 13.3. The number of aryl methyl sites for hydroxylation is 2. The van der Waals surface area contributed by atoms with Gasteiger partial charge in [0, 0.05) is 12.7 Å². The summed E-state index contributed by atoms with van der Waals surface area (Å²) in [6, 6.07) is 10.1. The van der Waals surface area contributed by atoms with Crippen LogP contribution < -0.4 is 10.1 Å². The monoisotopic (exact) mass is 521 g/mol. The minimum atomic E-state index is -0.368. The zero-order valence-corrected chi connectivity index (χ0v) is 22.4. The molecule has 38 heavy (non-hydrogen) atoms. The van der Waals surface area contributed by atoms with Gasteiger partial charge in [0.2, 0.25) is 11.8 Å². The average molecular weight is 522 g/mol. The van der Waals surface area contributed by atoms with Gasteiger partial charge in [-0.3, -0.25) is 14.5 Å². The Morgan fingerprint density at radius 2 is 1.95 bits per heavy atom. The molecule has 1 aromatic heterocycles. The first-order valence-corrected chi connectivity index (χ1v) is 13.9. The first kappa shape index (κ1) is 26.6. The predicted molar refractivity (Wildman–Crippen MR) is 143 cm³/mol. The van der Waals surface area contributed by atoms with Crippen molar-refractivity contribution < 1.29 is 19.1 Å². The highest BCUT2D eigenvalue weighted by Crippen LogP contribution is 2.37. The number of hydrogen-bond acceptors (Lipinski definition) is 7. The van der Waals surface area contributed by atoms with Crippen LogP contribution in [-0.2, 0) is 20.7 Å². The van der Waals surface area contributed by atoms with E-state index in [9.17, 15) is 9.59 Å². The number of hydrogen-bond donors (Lipinski definition) is 1. The van der Waals surface area contributed by atoms with Gasteiger partial charge in [-0.25, -0.2) is 9.97 Å². The normalized spacial score (nSPS) is 22.9. The third-order valence-corrected chi connectivity index (χ3v) is 8.17. The summed E-state index contributed by atoms with van der Waals surface area (Å²) < 4.78 is 11.9. The standard InChI is InChI=1S/C29H39N5O4/c1-22-30-13-9-24(32-22)26-20-34(17-19-38-26)27(35)21-33-15-11-29(12-16-33)10-5-4-7-23-6-2-3-8-25(23)37-18-14-31-28(29)36/h2-3,6,8-9,13,26H,4-5,7,10-12,14-21H2,1H3,(H,31,36). The molecule has 5 rings (SSSR count). The number of piperidine rings is 1. The van der Waals surface area contributed by atoms with Crippen LogP contribution in [0.1, 0.15) is 55.3 Å². The second-order valence-electron chi connectivity index (χ2n) is 10.7. The number of carbonyl (C=O) groups excluding carboxylic acids is 2. The lowest BCUT2D eigenvalue weighted by molar-refractivity contribution is -0.141. The Labute approximate surface area is 224 Å². The molecule has 1 spiro atoms. The third-order valence-electron chi connectivity index (χ3n) is 8.17. The van der Waals surface area contributed by atoms with Gasteiger partial charge in [0.15, 0.2) is 0 Å². The van der Waals surface area contributed by atoms with Gasteiger partial charge in [-0.05, 0) is 69.8 Å². The highest BCUT2D eigenvalue weighted by atomic mass is 16.5. The number of amides is 2. The number of carbonyl (C=O) groups is 2. The van der Waals surface area contributed by atoms with Crippen LogP contribution in [0.5, 0.6) is 5.75 Å². The molecule has 1 aromatic carbocycles. The van der Waals surface area contributed by atoms with Gasteiger partial charge in [-0.1, -0.05) is 24.6 Å². The van der Waals surface area contributed by atoms with Crippen molar-refractivity contribution in [1.29, 1.82) is 0 Å². The summed E-state index contributed by atoms with van der Waals surface area (Å²) in [5.74, 6) is 1.87. The van der Waals surface area contributed by atoms with Crippen molar-refractivity contribution in [2.24, 2.45) is 5.41 Å². The highest BCUT2D eigenvalue weighted by Gasteiger charge is 2.41. The van der Waals surface area contributed by atoms with Gasteiger partial charge >= 0.3 is 0 Å². The summed E-state index contributed by atoms with van der Waals surface area (Å²) in [5, 5.41) is 3.14. The molecule has 9 nitrogen and oxygen atoms in total. The molecule has 3 aliphatic heterocycles. The number of aromatic nitrogens is 2. The zero-order chi connectivity index (χ0) is 26.4. The van der Waals surface area contributed by atoms with E-state index < -0.39 is 0 Å². The molecule has 1 atom stereocenters. The van der Waals surface area contributed by atoms with Crippen LogP contribution in [0.2, 0.25) is 0 Å². The van der Waals surface area contributed by atoms with Crippen molar-refractivity contribution in [3.05, 3.63) is 53.6 Å². The number of morpholine rings is 1. The Kier molecular flexibility index (Phi) is 8.54. The number of nitrogens with zero attached hydrogens (tertiary/aromatic N) is 4. The van der Waals surface area contributed by atoms with Crippen LogP contribution in [0.3, 0.4) is 0 Å². The topological polar surface area (TPSA) is 96.9 Å². The van der Waals surface area contributed by atoms with Gasteiger partial charge in [0.1, 0.15) is 24.3 Å². The van der Waals surface area contributed by atoms with Crippen molar-refractivity contribution in [3.63, 3.8) is 0 Å². The van der Waals surface area contributed by atoms with Gasteiger partial charge < -0.3 is 19.7 Å². The second-order valence-corrected chi connectivity index (χ2v) is 10.7. The van der Waals surface area contributed by atoms with E-state index in [0.29, 0.717) is 45.2 Å². The first-order valence-electron chi connectivity index (χ1n) is 13.9. The maximum Gasteiger partial charge on any atom is 0.236 e. The van der Waals surface area contributed by atoms with E-state index in [1.165, 1.54) is 5.56 Å². The Morgan fingerprint density at radius 1 is 1.11 bits per heavy atom. The molecule has 0 bridgehead atoms. The van der Waals surface area contributed by atoms with E-state index in [0.717, 1.165) is 63.1 Å². The van der Waals surface area contributed by atoms with Gasteiger partial charge in [0.25, 0.3) is 0 Å². The van der Waals surface area contributed by atoms with Crippen molar-refractivity contribution >= 4 is 11.8 Å². The molecular formula is C29H39N5O4. The summed E-state index contributed by atoms with van der Waals surface area (Å²) in [6.07, 6.45) is 6.92. The van der Waals surface area contributed by atoms with E-state index in [4.69, 9.17) is 9.47 Å². The quantitative estimate of drug-likeness (QED) is 0.663. The fourth-order valence-corrected chi connectivity index (χ4v) is 5.87. The number of benzene rings is 1. The number of nitrogens with one attached hydrogen (secondary N) is 1. The Morgan fingerprint density at radius 3 is 2.79 bits per heavy atom. The number of ether oxygens (including phenoxy) is 2. The molecular weight excluding hydrogens is 482 g/mol. The number of rotatable bonds is 3. The van der Waals surface area contributed by atoms with E-state index in [1.807, 2.05) is 30.0 Å². The maximum absolute atomic E-state index is 13.3. The highest BCUT2D eigenvalue weighted by molar-refractivity contribution is 5.83. The van der Waals surface area contributed by atoms with Crippen molar-refractivity contribution in [2.45, 2.75) is 51.6 Å². The smallest absolute Gasteiger partial charge is 0.236 e. The number of fused-ring (bicyclic) bond motifs is 1. The molecule has 0 radical (unpaired) electrons. The minimum Gasteiger partial charge on any atom is -0.491 e. The minimum absolute atomic E-state index is 0.110. The Hall–Kier alpha value is -3.04. The van der Waals surface area contributed by atoms with Gasteiger partial charge in [0.05, 0.1) is 37.4 Å². The SMILES string of the molecule is Cc1nccc(C2CN(C(=O)CN3CCC4(CCCCc5ccccc5OCCNC4=O)CC3)CCO2)n1. The van der Waals surface area contributed by atoms with E-state index in [-0.39, 0.29) is 23.3 Å². The lowest BCUT2D eigenvalue weighted by atomic mass is 9.73. The van der Waals surface area contributed by atoms with Crippen molar-refractivity contribution in [2.75, 3.05) is 52.5 Å². The predicted octanol–water partition coefficient (Wildman–Crippen LogP) is 2.69. The summed E-state index contributed by atoms with van der Waals surface area (Å²) in [4.78, 5) is 39.3. The summed E-state index contributed by atoms with van der Waals surface area (Å²) in [7, 11) is 0. The van der Waals surface area contributed by atoms with E-state index in [2.05, 4.69) is 32.3 Å². The lowest BCUT2D eigenvalue weighted by Crippen LogP contribution is -2.52. The largest absolute Gasteiger partial charge is 0.491 e. The molecule has 1 unspecified atom stereocenters. The molecule has 2 fully saturated rings. The molecule has 2 aromatic rings. The second kappa shape index (κ2) is 12.2. The van der Waals surface area contributed by atoms with E-state index in [1.54, 1.807) is 6.20 Å². The zero-order valence-electron chi connectivity index (χ0n) is 22.4. The first-order chi connectivity index (χ1) is 18.5. The molecule has 2 amide bonds. The van der Waals surface area contributed by atoms with Crippen LogP contribution in [-0.4, -0.2) is 84.1 Å². The summed E-state index contributed by atoms with van der Waals surface area (Å²) >= 11 is 0. The third kappa shape index (κ3) is 6.32. The molecule has 4 heterocycles. The van der Waals surface area contributed by atoms with Crippen LogP contribution >= 0.6 is 0 Å². The van der Waals surface area contributed by atoms with Crippen LogP contribution in [0.15, 0.2) is 36.5 Å². The van der Waals surface area contributed by atoms with Crippen LogP contribution in [0.25, 0.3) is 0 Å². The van der Waals surface area contributed by atoms with Gasteiger partial charge in [-0.15, -0.1) is 0 Å². The molecule has 1 N–H and O–H groups in total. The molecule has 0 aliphatic carbocycles. The summed E-state index contributed by atoms with van der Waals surface area (Å²) in [5.41, 5.74) is 1.69. The Bertz CT molecular complexity index is 1120.